The highest BCUT2D eigenvalue weighted by atomic mass is 32.2. The highest BCUT2D eigenvalue weighted by molar-refractivity contribution is 7.90. The molecule has 3 aromatic heterocycles. The zero-order valence-corrected chi connectivity index (χ0v) is 17.5. The predicted molar refractivity (Wildman–Crippen MR) is 114 cm³/mol. The molecule has 1 aliphatic rings. The Bertz CT molecular complexity index is 1120. The largest absolute Gasteiger partial charge is 0.393 e. The van der Waals surface area contributed by atoms with Crippen molar-refractivity contribution < 1.29 is 13.5 Å². The van der Waals surface area contributed by atoms with Gasteiger partial charge in [0.25, 0.3) is 0 Å². The van der Waals surface area contributed by atoms with E-state index in [0.29, 0.717) is 23.1 Å². The van der Waals surface area contributed by atoms with Crippen molar-refractivity contribution in [1.82, 2.24) is 24.3 Å². The van der Waals surface area contributed by atoms with Gasteiger partial charge in [-0.05, 0) is 31.7 Å². The number of anilines is 2. The molecule has 1 saturated carbocycles. The summed E-state index contributed by atoms with van der Waals surface area (Å²) < 4.78 is 24.6. The Morgan fingerprint density at radius 3 is 2.73 bits per heavy atom. The number of nitrogens with zero attached hydrogens (tertiary/aromatic N) is 5. The van der Waals surface area contributed by atoms with Crippen molar-refractivity contribution >= 4 is 27.3 Å². The van der Waals surface area contributed by atoms with Crippen LogP contribution in [0.25, 0.3) is 17.0 Å². The Hall–Kier alpha value is -2.79. The maximum Gasteiger partial charge on any atom is 0.223 e. The number of fused-ring (bicyclic) bond motifs is 1. The van der Waals surface area contributed by atoms with Crippen LogP contribution in [0.2, 0.25) is 0 Å². The van der Waals surface area contributed by atoms with E-state index in [1.165, 1.54) is 6.26 Å². The molecule has 0 bridgehead atoms. The summed E-state index contributed by atoms with van der Waals surface area (Å²) in [5.41, 5.74) is 2.09. The molecule has 1 fully saturated rings. The lowest BCUT2D eigenvalue weighted by Gasteiger charge is -2.26. The molecular weight excluding hydrogens is 406 g/mol. The summed E-state index contributed by atoms with van der Waals surface area (Å²) in [4.78, 5) is 17.7. The number of rotatable bonds is 7. The first kappa shape index (κ1) is 20.5. The van der Waals surface area contributed by atoms with E-state index in [2.05, 4.69) is 30.6 Å². The third-order valence-electron chi connectivity index (χ3n) is 5.14. The van der Waals surface area contributed by atoms with Gasteiger partial charge in [-0.3, -0.25) is 4.40 Å². The fourth-order valence-corrected chi connectivity index (χ4v) is 4.03. The first-order chi connectivity index (χ1) is 14.4. The number of nitrogens with one attached hydrogen (secondary N) is 2. The lowest BCUT2D eigenvalue weighted by atomic mass is 9.93. The molecule has 0 aromatic carbocycles. The van der Waals surface area contributed by atoms with E-state index >= 15 is 0 Å². The number of aliphatic hydroxyl groups is 1. The molecule has 0 saturated heterocycles. The van der Waals surface area contributed by atoms with Crippen molar-refractivity contribution in [3.63, 3.8) is 0 Å². The Morgan fingerprint density at radius 2 is 1.97 bits per heavy atom. The van der Waals surface area contributed by atoms with Crippen molar-refractivity contribution in [2.24, 2.45) is 0 Å². The third kappa shape index (κ3) is 4.85. The first-order valence-electron chi connectivity index (χ1n) is 9.91. The highest BCUT2D eigenvalue weighted by Gasteiger charge is 2.20. The van der Waals surface area contributed by atoms with Gasteiger partial charge < -0.3 is 15.7 Å². The van der Waals surface area contributed by atoms with Crippen molar-refractivity contribution in [3.8, 4) is 11.4 Å². The Kier molecular flexibility index (Phi) is 5.82. The van der Waals surface area contributed by atoms with E-state index in [4.69, 9.17) is 0 Å². The second-order valence-electron chi connectivity index (χ2n) is 7.58. The van der Waals surface area contributed by atoms with Crippen LogP contribution in [0.3, 0.4) is 0 Å². The van der Waals surface area contributed by atoms with Gasteiger partial charge in [0.15, 0.2) is 11.5 Å². The molecule has 0 atom stereocenters. The monoisotopic (exact) mass is 431 g/mol. The fraction of sp³-hybridized carbons (Fsp3) is 0.474. The minimum atomic E-state index is -3.06. The molecule has 0 radical (unpaired) electrons. The first-order valence-corrected chi connectivity index (χ1v) is 12.0. The average Bonchev–Trinajstić information content (AvgIpc) is 3.14. The second-order valence-corrected chi connectivity index (χ2v) is 9.84. The molecule has 10 nitrogen and oxygen atoms in total. The van der Waals surface area contributed by atoms with Crippen LogP contribution in [0.15, 0.2) is 30.9 Å². The van der Waals surface area contributed by atoms with Gasteiger partial charge in [-0.2, -0.15) is 0 Å². The van der Waals surface area contributed by atoms with Crippen LogP contribution in [0, 0.1) is 0 Å². The van der Waals surface area contributed by atoms with E-state index in [9.17, 15) is 13.5 Å². The summed E-state index contributed by atoms with van der Waals surface area (Å²) in [5, 5.41) is 16.1. The van der Waals surface area contributed by atoms with E-state index in [-0.39, 0.29) is 24.4 Å². The molecule has 3 heterocycles. The summed E-state index contributed by atoms with van der Waals surface area (Å²) in [5.74, 6) is 1.08. The summed E-state index contributed by atoms with van der Waals surface area (Å²) in [6.07, 6.45) is 11.2. The molecule has 3 aromatic rings. The normalized spacial score (nSPS) is 19.7. The van der Waals surface area contributed by atoms with Crippen LogP contribution in [0.4, 0.5) is 11.8 Å². The Morgan fingerprint density at radius 1 is 1.17 bits per heavy atom. The van der Waals surface area contributed by atoms with Gasteiger partial charge in [0.05, 0.1) is 29.4 Å². The van der Waals surface area contributed by atoms with Crippen LogP contribution >= 0.6 is 0 Å². The lowest BCUT2D eigenvalue weighted by molar-refractivity contribution is 0.126. The highest BCUT2D eigenvalue weighted by Crippen LogP contribution is 2.24. The Balaban J connectivity index is 1.54. The lowest BCUT2D eigenvalue weighted by Crippen LogP contribution is -2.28. The molecule has 0 spiro atoms. The van der Waals surface area contributed by atoms with Gasteiger partial charge in [0.1, 0.15) is 9.84 Å². The summed E-state index contributed by atoms with van der Waals surface area (Å²) in [6.45, 7) is 0.255. The van der Waals surface area contributed by atoms with Crippen molar-refractivity contribution in [2.45, 2.75) is 37.8 Å². The number of sulfone groups is 1. The number of hydrogen-bond acceptors (Lipinski definition) is 9. The van der Waals surface area contributed by atoms with Gasteiger partial charge in [-0.25, -0.2) is 28.4 Å². The molecule has 0 unspecified atom stereocenters. The standard InChI is InChI=1S/C19H25N7O3S/c1-30(28,29)11-9-21-17-18-23-12-16(26(18)10-8-20-17)15-6-7-22-19(25-15)24-13-2-4-14(27)5-3-13/h6-8,10,12-14,27H,2-5,9,11H2,1H3,(H,20,21)(H,22,24,25)/t13-,14-. The van der Waals surface area contributed by atoms with Gasteiger partial charge >= 0.3 is 0 Å². The van der Waals surface area contributed by atoms with Gasteiger partial charge in [-0.15, -0.1) is 0 Å². The third-order valence-corrected chi connectivity index (χ3v) is 6.09. The molecule has 1 aliphatic carbocycles. The number of imidazole rings is 1. The van der Waals surface area contributed by atoms with Gasteiger partial charge in [0.2, 0.25) is 5.95 Å². The number of aliphatic hydroxyl groups excluding tert-OH is 1. The quantitative estimate of drug-likeness (QED) is 0.507. The summed E-state index contributed by atoms with van der Waals surface area (Å²) in [7, 11) is -3.06. The smallest absolute Gasteiger partial charge is 0.223 e. The number of hydrogen-bond donors (Lipinski definition) is 3. The molecule has 160 valence electrons. The maximum absolute atomic E-state index is 11.4. The van der Waals surface area contributed by atoms with Crippen LogP contribution in [0.1, 0.15) is 25.7 Å². The van der Waals surface area contributed by atoms with Gasteiger partial charge in [-0.1, -0.05) is 0 Å². The van der Waals surface area contributed by atoms with Gasteiger partial charge in [0, 0.05) is 37.4 Å². The van der Waals surface area contributed by atoms with E-state index < -0.39 is 9.84 Å². The van der Waals surface area contributed by atoms with Crippen LogP contribution < -0.4 is 10.6 Å². The maximum atomic E-state index is 11.4. The molecule has 4 rings (SSSR count). The molecule has 11 heteroatoms. The molecule has 0 aliphatic heterocycles. The molecule has 30 heavy (non-hydrogen) atoms. The van der Waals surface area contributed by atoms with Crippen molar-refractivity contribution in [3.05, 3.63) is 30.9 Å². The zero-order valence-electron chi connectivity index (χ0n) is 16.7. The molecular formula is C19H25N7O3S. The number of aromatic nitrogens is 5. The fourth-order valence-electron chi connectivity index (χ4n) is 3.56. The Labute approximate surface area is 174 Å². The molecule has 3 N–H and O–H groups in total. The van der Waals surface area contributed by atoms with Crippen molar-refractivity contribution in [2.75, 3.05) is 29.2 Å². The SMILES string of the molecule is CS(=O)(=O)CCNc1nccn2c(-c3ccnc(N[C@H]4CC[C@H](O)CC4)n3)cnc12. The minimum Gasteiger partial charge on any atom is -0.393 e. The summed E-state index contributed by atoms with van der Waals surface area (Å²) >= 11 is 0. The van der Waals surface area contributed by atoms with E-state index in [1.807, 2.05) is 10.5 Å². The topological polar surface area (TPSA) is 134 Å². The zero-order chi connectivity index (χ0) is 21.1. The minimum absolute atomic E-state index is 0.0163. The van der Waals surface area contributed by atoms with E-state index in [0.717, 1.165) is 31.4 Å². The second kappa shape index (κ2) is 8.52. The predicted octanol–water partition coefficient (Wildman–Crippen LogP) is 1.36. The van der Waals surface area contributed by atoms with Crippen LogP contribution in [0.5, 0.6) is 0 Å². The van der Waals surface area contributed by atoms with E-state index in [1.54, 1.807) is 24.8 Å². The van der Waals surface area contributed by atoms with Crippen LogP contribution in [-0.2, 0) is 9.84 Å². The average molecular weight is 432 g/mol. The summed E-state index contributed by atoms with van der Waals surface area (Å²) in [6, 6.07) is 2.07. The molecule has 0 amide bonds. The van der Waals surface area contributed by atoms with Crippen LogP contribution in [-0.4, -0.2) is 68.6 Å². The van der Waals surface area contributed by atoms with Crippen molar-refractivity contribution in [1.29, 1.82) is 0 Å².